The van der Waals surface area contributed by atoms with Crippen molar-refractivity contribution >= 4 is 22.6 Å². The number of hydrogen-bond donors (Lipinski definition) is 3. The number of nitrogens with two attached hydrogens (primary N) is 1. The fourth-order valence-corrected chi connectivity index (χ4v) is 3.96. The molecule has 1 aliphatic rings. The maximum absolute atomic E-state index is 10.8. The standard InChI is InChI=1S/C18H28INO2/c19-18(22,12-13-20)16-7-5-6-15(14-16)8-11-17(21)9-3-1-2-4-10-17/h5-7,14,21-22H,1-4,8-13,20H2. The predicted molar refractivity (Wildman–Crippen MR) is 99.0 cm³/mol. The van der Waals surface area contributed by atoms with Crippen molar-refractivity contribution in [1.29, 1.82) is 0 Å². The normalized spacial score (nSPS) is 21.1. The molecule has 1 aromatic rings. The lowest BCUT2D eigenvalue weighted by Crippen LogP contribution is -2.28. The van der Waals surface area contributed by atoms with Crippen LogP contribution in [-0.4, -0.2) is 22.4 Å². The highest BCUT2D eigenvalue weighted by molar-refractivity contribution is 14.1. The average molecular weight is 417 g/mol. The van der Waals surface area contributed by atoms with Crippen molar-refractivity contribution < 1.29 is 10.2 Å². The Labute approximate surface area is 147 Å². The lowest BCUT2D eigenvalue weighted by Gasteiger charge is -2.27. The molecule has 0 radical (unpaired) electrons. The molecule has 2 rings (SSSR count). The van der Waals surface area contributed by atoms with Crippen LogP contribution in [0.4, 0.5) is 0 Å². The summed E-state index contributed by atoms with van der Waals surface area (Å²) in [6.45, 7) is 0.462. The molecule has 4 heteroatoms. The van der Waals surface area contributed by atoms with Crippen LogP contribution in [0.15, 0.2) is 24.3 Å². The predicted octanol–water partition coefficient (Wildman–Crippen LogP) is 3.63. The van der Waals surface area contributed by atoms with E-state index in [1.54, 1.807) is 0 Å². The topological polar surface area (TPSA) is 66.5 Å². The maximum Gasteiger partial charge on any atom is 0.142 e. The second-order valence-corrected chi connectivity index (χ2v) is 8.42. The van der Waals surface area contributed by atoms with Gasteiger partial charge in [-0.2, -0.15) is 0 Å². The Morgan fingerprint density at radius 3 is 2.50 bits per heavy atom. The summed E-state index contributed by atoms with van der Waals surface area (Å²) in [6, 6.07) is 8.08. The van der Waals surface area contributed by atoms with Gasteiger partial charge in [-0.3, -0.25) is 0 Å². The molecule has 1 atom stereocenters. The zero-order valence-corrected chi connectivity index (χ0v) is 15.4. The molecule has 1 aliphatic carbocycles. The molecule has 0 saturated heterocycles. The van der Waals surface area contributed by atoms with Crippen LogP contribution in [0.25, 0.3) is 0 Å². The van der Waals surface area contributed by atoms with Crippen LogP contribution in [0, 0.1) is 0 Å². The number of hydrogen-bond acceptors (Lipinski definition) is 3. The third kappa shape index (κ3) is 5.18. The zero-order valence-electron chi connectivity index (χ0n) is 13.2. The van der Waals surface area contributed by atoms with E-state index >= 15 is 0 Å². The maximum atomic E-state index is 10.8. The number of alkyl halides is 1. The highest BCUT2D eigenvalue weighted by atomic mass is 127. The molecule has 124 valence electrons. The van der Waals surface area contributed by atoms with E-state index < -0.39 is 9.21 Å². The van der Waals surface area contributed by atoms with Crippen LogP contribution in [0.3, 0.4) is 0 Å². The van der Waals surface area contributed by atoms with Gasteiger partial charge in [0, 0.05) is 6.42 Å². The van der Waals surface area contributed by atoms with Crippen molar-refractivity contribution in [3.05, 3.63) is 35.4 Å². The molecule has 3 nitrogen and oxygen atoms in total. The van der Waals surface area contributed by atoms with Crippen LogP contribution in [-0.2, 0) is 10.0 Å². The lowest BCUT2D eigenvalue weighted by molar-refractivity contribution is 0.0167. The van der Waals surface area contributed by atoms with E-state index in [0.717, 1.165) is 44.1 Å². The highest BCUT2D eigenvalue weighted by Crippen LogP contribution is 2.34. The van der Waals surface area contributed by atoms with Gasteiger partial charge in [-0.15, -0.1) is 0 Å². The summed E-state index contributed by atoms with van der Waals surface area (Å²) >= 11 is 2.06. The molecule has 1 fully saturated rings. The highest BCUT2D eigenvalue weighted by Gasteiger charge is 2.28. The monoisotopic (exact) mass is 417 g/mol. The van der Waals surface area contributed by atoms with Crippen molar-refractivity contribution in [3.8, 4) is 0 Å². The van der Waals surface area contributed by atoms with Gasteiger partial charge in [-0.05, 0) is 65.9 Å². The SMILES string of the molecule is NCCC(O)(I)c1cccc(CCC2(O)CCCCCC2)c1. The third-order valence-corrected chi connectivity index (χ3v) is 5.92. The molecule has 0 amide bonds. The van der Waals surface area contributed by atoms with Gasteiger partial charge in [-0.25, -0.2) is 0 Å². The Morgan fingerprint density at radius 1 is 1.18 bits per heavy atom. The van der Waals surface area contributed by atoms with Gasteiger partial charge < -0.3 is 15.9 Å². The quantitative estimate of drug-likeness (QED) is 0.376. The van der Waals surface area contributed by atoms with Gasteiger partial charge in [0.2, 0.25) is 0 Å². The summed E-state index contributed by atoms with van der Waals surface area (Å²) in [7, 11) is 0. The van der Waals surface area contributed by atoms with Gasteiger partial charge in [0.15, 0.2) is 0 Å². The van der Waals surface area contributed by atoms with E-state index in [1.807, 2.05) is 12.1 Å². The zero-order chi connectivity index (χ0) is 16.1. The minimum Gasteiger partial charge on any atom is -0.390 e. The summed E-state index contributed by atoms with van der Waals surface area (Å²) in [4.78, 5) is 0. The van der Waals surface area contributed by atoms with E-state index in [1.165, 1.54) is 18.4 Å². The smallest absolute Gasteiger partial charge is 0.142 e. The number of aliphatic hydroxyl groups is 2. The molecule has 1 unspecified atom stereocenters. The molecular formula is C18H28INO2. The first-order valence-electron chi connectivity index (χ1n) is 8.38. The number of rotatable bonds is 6. The van der Waals surface area contributed by atoms with Crippen molar-refractivity contribution in [2.75, 3.05) is 6.54 Å². The van der Waals surface area contributed by atoms with Gasteiger partial charge in [0.25, 0.3) is 0 Å². The fraction of sp³-hybridized carbons (Fsp3) is 0.667. The van der Waals surface area contributed by atoms with E-state index in [4.69, 9.17) is 5.73 Å². The summed E-state index contributed by atoms with van der Waals surface area (Å²) < 4.78 is -0.901. The molecular weight excluding hydrogens is 389 g/mol. The van der Waals surface area contributed by atoms with Crippen LogP contribution in [0.2, 0.25) is 0 Å². The Bertz CT molecular complexity index is 468. The van der Waals surface area contributed by atoms with Crippen molar-refractivity contribution in [3.63, 3.8) is 0 Å². The summed E-state index contributed by atoms with van der Waals surface area (Å²) in [5.41, 5.74) is 7.17. The number of aryl methyl sites for hydroxylation is 1. The van der Waals surface area contributed by atoms with Gasteiger partial charge >= 0.3 is 0 Å². The Balaban J connectivity index is 2.01. The molecule has 4 N–H and O–H groups in total. The first-order chi connectivity index (χ1) is 10.5. The first-order valence-corrected chi connectivity index (χ1v) is 9.46. The number of halogens is 1. The largest absolute Gasteiger partial charge is 0.390 e. The second kappa shape index (κ2) is 8.08. The van der Waals surface area contributed by atoms with Crippen molar-refractivity contribution in [1.82, 2.24) is 0 Å². The third-order valence-electron chi connectivity index (χ3n) is 4.76. The molecule has 0 bridgehead atoms. The molecule has 22 heavy (non-hydrogen) atoms. The summed E-state index contributed by atoms with van der Waals surface area (Å²) in [5, 5.41) is 21.2. The van der Waals surface area contributed by atoms with Crippen LogP contribution in [0.5, 0.6) is 0 Å². The van der Waals surface area contributed by atoms with Crippen molar-refractivity contribution in [2.45, 2.75) is 67.0 Å². The Kier molecular flexibility index (Phi) is 6.68. The van der Waals surface area contributed by atoms with Gasteiger partial charge in [0.05, 0.1) is 5.60 Å². The van der Waals surface area contributed by atoms with E-state index in [2.05, 4.69) is 34.7 Å². The molecule has 1 aromatic carbocycles. The van der Waals surface area contributed by atoms with E-state index in [0.29, 0.717) is 13.0 Å². The van der Waals surface area contributed by atoms with Crippen molar-refractivity contribution in [2.24, 2.45) is 5.73 Å². The Hall–Kier alpha value is -0.170. The summed E-state index contributed by atoms with van der Waals surface area (Å²) in [6.07, 6.45) is 8.85. The molecule has 1 saturated carbocycles. The number of benzene rings is 1. The van der Waals surface area contributed by atoms with Crippen LogP contribution in [0.1, 0.15) is 62.5 Å². The van der Waals surface area contributed by atoms with Crippen LogP contribution < -0.4 is 5.73 Å². The second-order valence-electron chi connectivity index (χ2n) is 6.64. The van der Waals surface area contributed by atoms with Crippen LogP contribution >= 0.6 is 22.6 Å². The molecule has 0 aliphatic heterocycles. The van der Waals surface area contributed by atoms with Gasteiger partial charge in [0.1, 0.15) is 3.61 Å². The minimum absolute atomic E-state index is 0.462. The fourth-order valence-electron chi connectivity index (χ4n) is 3.31. The lowest BCUT2D eigenvalue weighted by atomic mass is 9.87. The van der Waals surface area contributed by atoms with Gasteiger partial charge in [-0.1, -0.05) is 49.9 Å². The summed E-state index contributed by atoms with van der Waals surface area (Å²) in [5.74, 6) is 0. The first kappa shape index (κ1) is 18.2. The molecule has 0 aromatic heterocycles. The molecule has 0 heterocycles. The van der Waals surface area contributed by atoms with E-state index in [9.17, 15) is 10.2 Å². The minimum atomic E-state index is -0.901. The average Bonchev–Trinajstić information content (AvgIpc) is 2.71. The molecule has 0 spiro atoms. The Morgan fingerprint density at radius 2 is 1.86 bits per heavy atom. The van der Waals surface area contributed by atoms with E-state index in [-0.39, 0.29) is 0 Å².